The molecule has 0 aromatic carbocycles. The van der Waals surface area contributed by atoms with Gasteiger partial charge in [0.2, 0.25) is 5.91 Å². The molecule has 1 saturated heterocycles. The number of hydrogen-bond donors (Lipinski definition) is 1. The summed E-state index contributed by atoms with van der Waals surface area (Å²) in [7, 11) is 0. The van der Waals surface area contributed by atoms with Crippen molar-refractivity contribution in [2.24, 2.45) is 0 Å². The lowest BCUT2D eigenvalue weighted by molar-refractivity contribution is -0.132. The molecule has 1 amide bonds. The van der Waals surface area contributed by atoms with Gasteiger partial charge in [0, 0.05) is 44.6 Å². The van der Waals surface area contributed by atoms with Crippen LogP contribution in [0.15, 0.2) is 0 Å². The lowest BCUT2D eigenvalue weighted by Gasteiger charge is -2.35. The van der Waals surface area contributed by atoms with Crippen molar-refractivity contribution in [3.05, 3.63) is 0 Å². The van der Waals surface area contributed by atoms with Crippen molar-refractivity contribution < 1.29 is 9.59 Å². The summed E-state index contributed by atoms with van der Waals surface area (Å²) in [5.41, 5.74) is -0.0147. The SMILES string of the molecule is CCC(=O)CCCCCCN1CCN(C(=O)CNC(C)(C)C)CC1. The maximum absolute atomic E-state index is 12.2. The maximum Gasteiger partial charge on any atom is 0.236 e. The standard InChI is InChI=1S/C19H37N3O2/c1-5-17(23)10-8-6-7-9-11-21-12-14-22(15-13-21)18(24)16-20-19(2,3)4/h20H,5-16H2,1-4H3. The Kier molecular flexibility index (Phi) is 9.52. The number of carbonyl (C=O) groups excluding carboxylic acids is 2. The van der Waals surface area contributed by atoms with Crippen molar-refractivity contribution >= 4 is 11.7 Å². The van der Waals surface area contributed by atoms with Crippen LogP contribution >= 0.6 is 0 Å². The minimum atomic E-state index is -0.0147. The van der Waals surface area contributed by atoms with E-state index in [1.165, 1.54) is 12.8 Å². The monoisotopic (exact) mass is 339 g/mol. The molecule has 0 radical (unpaired) electrons. The van der Waals surface area contributed by atoms with Gasteiger partial charge >= 0.3 is 0 Å². The van der Waals surface area contributed by atoms with E-state index in [1.807, 2.05) is 11.8 Å². The summed E-state index contributed by atoms with van der Waals surface area (Å²) in [5, 5.41) is 3.27. The number of nitrogens with one attached hydrogen (secondary N) is 1. The lowest BCUT2D eigenvalue weighted by Crippen LogP contribution is -2.52. The zero-order valence-corrected chi connectivity index (χ0v) is 16.2. The fourth-order valence-electron chi connectivity index (χ4n) is 2.86. The van der Waals surface area contributed by atoms with Gasteiger partial charge in [-0.2, -0.15) is 0 Å². The van der Waals surface area contributed by atoms with E-state index in [1.54, 1.807) is 0 Å². The van der Waals surface area contributed by atoms with Crippen LogP contribution in [-0.4, -0.2) is 66.3 Å². The van der Waals surface area contributed by atoms with Gasteiger partial charge < -0.3 is 10.2 Å². The number of rotatable bonds is 10. The fourth-order valence-corrected chi connectivity index (χ4v) is 2.86. The Morgan fingerprint density at radius 2 is 1.58 bits per heavy atom. The smallest absolute Gasteiger partial charge is 0.236 e. The highest BCUT2D eigenvalue weighted by Gasteiger charge is 2.21. The zero-order valence-electron chi connectivity index (χ0n) is 16.2. The van der Waals surface area contributed by atoms with Crippen LogP contribution in [0.4, 0.5) is 0 Å². The maximum atomic E-state index is 12.2. The molecule has 0 atom stereocenters. The van der Waals surface area contributed by atoms with Crippen LogP contribution in [0.5, 0.6) is 0 Å². The Balaban J connectivity index is 2.07. The number of amides is 1. The summed E-state index contributed by atoms with van der Waals surface area (Å²) in [6, 6.07) is 0. The number of carbonyl (C=O) groups is 2. The summed E-state index contributed by atoms with van der Waals surface area (Å²) in [5.74, 6) is 0.599. The van der Waals surface area contributed by atoms with E-state index in [0.717, 1.165) is 52.0 Å². The van der Waals surface area contributed by atoms with Crippen LogP contribution in [0, 0.1) is 0 Å². The summed E-state index contributed by atoms with van der Waals surface area (Å²) < 4.78 is 0. The van der Waals surface area contributed by atoms with E-state index < -0.39 is 0 Å². The highest BCUT2D eigenvalue weighted by atomic mass is 16.2. The molecular formula is C19H37N3O2. The molecule has 1 fully saturated rings. The molecule has 1 rings (SSSR count). The first-order valence-electron chi connectivity index (χ1n) is 9.58. The van der Waals surface area contributed by atoms with Crippen molar-refractivity contribution in [3.63, 3.8) is 0 Å². The second-order valence-electron chi connectivity index (χ2n) is 7.88. The highest BCUT2D eigenvalue weighted by Crippen LogP contribution is 2.08. The molecule has 0 unspecified atom stereocenters. The first kappa shape index (κ1) is 21.1. The minimum absolute atomic E-state index is 0.0147. The lowest BCUT2D eigenvalue weighted by atomic mass is 10.1. The average Bonchev–Trinajstić information content (AvgIpc) is 2.55. The molecule has 24 heavy (non-hydrogen) atoms. The molecule has 5 nitrogen and oxygen atoms in total. The van der Waals surface area contributed by atoms with Gasteiger partial charge in [-0.3, -0.25) is 14.5 Å². The van der Waals surface area contributed by atoms with Crippen LogP contribution in [0.2, 0.25) is 0 Å². The predicted molar refractivity (Wildman–Crippen MR) is 99.2 cm³/mol. The number of Topliss-reactive ketones (excluding diaryl/α,β-unsaturated/α-hetero) is 1. The molecule has 1 heterocycles. The fraction of sp³-hybridized carbons (Fsp3) is 0.895. The quantitative estimate of drug-likeness (QED) is 0.621. The molecule has 5 heteroatoms. The largest absolute Gasteiger partial charge is 0.339 e. The number of piperazine rings is 1. The molecule has 1 N–H and O–H groups in total. The van der Waals surface area contributed by atoms with Crippen molar-refractivity contribution in [1.82, 2.24) is 15.1 Å². The van der Waals surface area contributed by atoms with Gasteiger partial charge in [-0.15, -0.1) is 0 Å². The van der Waals surface area contributed by atoms with Crippen LogP contribution < -0.4 is 5.32 Å². The molecule has 1 aliphatic rings. The molecule has 1 aliphatic heterocycles. The summed E-state index contributed by atoms with van der Waals surface area (Å²) in [6.07, 6.45) is 6.01. The Morgan fingerprint density at radius 1 is 0.958 bits per heavy atom. The van der Waals surface area contributed by atoms with Crippen molar-refractivity contribution in [1.29, 1.82) is 0 Å². The summed E-state index contributed by atoms with van der Waals surface area (Å²) in [6.45, 7) is 13.4. The summed E-state index contributed by atoms with van der Waals surface area (Å²) in [4.78, 5) is 27.8. The molecule has 0 aromatic rings. The normalized spacial score (nSPS) is 16.4. The van der Waals surface area contributed by atoms with Crippen molar-refractivity contribution in [2.75, 3.05) is 39.3 Å². The van der Waals surface area contributed by atoms with E-state index >= 15 is 0 Å². The molecule has 0 bridgehead atoms. The second kappa shape index (κ2) is 10.8. The predicted octanol–water partition coefficient (Wildman–Crippen LogP) is 2.45. The number of ketones is 1. The van der Waals surface area contributed by atoms with Crippen LogP contribution in [0.25, 0.3) is 0 Å². The third-order valence-electron chi connectivity index (χ3n) is 4.57. The molecule has 0 saturated carbocycles. The molecule has 140 valence electrons. The Bertz CT molecular complexity index is 383. The van der Waals surface area contributed by atoms with Crippen LogP contribution in [0.1, 0.15) is 66.2 Å². The Hall–Kier alpha value is -0.940. The molecular weight excluding hydrogens is 302 g/mol. The highest BCUT2D eigenvalue weighted by molar-refractivity contribution is 5.78. The second-order valence-corrected chi connectivity index (χ2v) is 7.88. The number of nitrogens with zero attached hydrogens (tertiary/aromatic N) is 2. The van der Waals surface area contributed by atoms with E-state index in [2.05, 4.69) is 31.0 Å². The Labute approximate surface area is 148 Å². The molecule has 0 spiro atoms. The van der Waals surface area contributed by atoms with Gasteiger partial charge in [-0.25, -0.2) is 0 Å². The van der Waals surface area contributed by atoms with E-state index in [9.17, 15) is 9.59 Å². The van der Waals surface area contributed by atoms with Gasteiger partial charge in [-0.1, -0.05) is 19.8 Å². The third kappa shape index (κ3) is 9.38. The topological polar surface area (TPSA) is 52.7 Å². The number of unbranched alkanes of at least 4 members (excludes halogenated alkanes) is 3. The first-order chi connectivity index (χ1) is 11.3. The zero-order chi connectivity index (χ0) is 18.0. The van der Waals surface area contributed by atoms with Crippen molar-refractivity contribution in [2.45, 2.75) is 71.8 Å². The van der Waals surface area contributed by atoms with Gasteiger partial charge in [0.25, 0.3) is 0 Å². The average molecular weight is 340 g/mol. The molecule has 0 aliphatic carbocycles. The Morgan fingerprint density at radius 3 is 2.17 bits per heavy atom. The van der Waals surface area contributed by atoms with E-state index in [4.69, 9.17) is 0 Å². The van der Waals surface area contributed by atoms with Gasteiger partial charge in [0.05, 0.1) is 6.54 Å². The third-order valence-corrected chi connectivity index (χ3v) is 4.57. The van der Waals surface area contributed by atoms with E-state index in [-0.39, 0.29) is 11.4 Å². The van der Waals surface area contributed by atoms with E-state index in [0.29, 0.717) is 18.7 Å². The van der Waals surface area contributed by atoms with Gasteiger partial charge in [-0.05, 0) is 40.2 Å². The van der Waals surface area contributed by atoms with Gasteiger partial charge in [0.15, 0.2) is 0 Å². The minimum Gasteiger partial charge on any atom is -0.339 e. The van der Waals surface area contributed by atoms with Gasteiger partial charge in [0.1, 0.15) is 5.78 Å². The first-order valence-corrected chi connectivity index (χ1v) is 9.58. The molecule has 0 aromatic heterocycles. The van der Waals surface area contributed by atoms with Crippen molar-refractivity contribution in [3.8, 4) is 0 Å². The number of hydrogen-bond acceptors (Lipinski definition) is 4. The van der Waals surface area contributed by atoms with Crippen LogP contribution in [-0.2, 0) is 9.59 Å². The summed E-state index contributed by atoms with van der Waals surface area (Å²) >= 11 is 0. The van der Waals surface area contributed by atoms with Crippen LogP contribution in [0.3, 0.4) is 0 Å².